The molecule has 1 aliphatic rings. The smallest absolute Gasteiger partial charge is 0.272 e. The van der Waals surface area contributed by atoms with Gasteiger partial charge >= 0.3 is 0 Å². The normalized spacial score (nSPS) is 15.6. The third kappa shape index (κ3) is 4.42. The molecule has 2 N–H and O–H groups in total. The summed E-state index contributed by atoms with van der Waals surface area (Å²) in [6, 6.07) is 18.9. The number of anilines is 2. The molecule has 156 valence electrons. The lowest BCUT2D eigenvalue weighted by atomic mass is 10.0. The molecule has 0 spiro atoms. The third-order valence-corrected chi connectivity index (χ3v) is 5.41. The Morgan fingerprint density at radius 1 is 1.13 bits per heavy atom. The summed E-state index contributed by atoms with van der Waals surface area (Å²) in [7, 11) is 1.71. The lowest BCUT2D eigenvalue weighted by Crippen LogP contribution is -2.47. The molecule has 0 fully saturated rings. The van der Waals surface area contributed by atoms with E-state index in [0.717, 1.165) is 22.4 Å². The first-order valence-corrected chi connectivity index (χ1v) is 10.4. The third-order valence-electron chi connectivity index (χ3n) is 4.95. The molecule has 3 aromatic rings. The van der Waals surface area contributed by atoms with Crippen LogP contribution >= 0.6 is 23.8 Å². The van der Waals surface area contributed by atoms with Crippen molar-refractivity contribution in [2.24, 2.45) is 4.99 Å². The van der Waals surface area contributed by atoms with Crippen molar-refractivity contribution in [3.05, 3.63) is 88.6 Å². The van der Waals surface area contributed by atoms with Gasteiger partial charge in [-0.3, -0.25) is 4.79 Å². The Morgan fingerprint density at radius 3 is 2.65 bits per heavy atom. The average molecular weight is 450 g/mol. The molecule has 4 rings (SSSR count). The number of nitrogens with zero attached hydrogens (tertiary/aromatic N) is 3. The van der Waals surface area contributed by atoms with Crippen molar-refractivity contribution >= 4 is 52.1 Å². The van der Waals surface area contributed by atoms with Crippen LogP contribution in [0.4, 0.5) is 11.5 Å². The Labute approximate surface area is 191 Å². The standard InChI is InChI=1S/C23H20ClN5OS/c1-14-7-6-12-25-20(14)27-23(31)28-21-22(30)29(2)18-11-10-16(24)13-17(18)19(26-21)15-8-4-3-5-9-15/h3-13,21H,1-2H3,(H2,25,27,28,31). The first-order valence-electron chi connectivity index (χ1n) is 9.64. The second kappa shape index (κ2) is 8.83. The number of aliphatic imine (C=N–C) groups is 1. The zero-order valence-corrected chi connectivity index (χ0v) is 18.5. The fraction of sp³-hybridized carbons (Fsp3) is 0.130. The number of fused-ring (bicyclic) bond motifs is 1. The van der Waals surface area contributed by atoms with E-state index in [4.69, 9.17) is 28.8 Å². The summed E-state index contributed by atoms with van der Waals surface area (Å²) in [4.78, 5) is 23.9. The van der Waals surface area contributed by atoms with E-state index in [2.05, 4.69) is 15.6 Å². The highest BCUT2D eigenvalue weighted by atomic mass is 35.5. The summed E-state index contributed by atoms with van der Waals surface area (Å²) in [5, 5.41) is 6.90. The maximum absolute atomic E-state index is 13.2. The summed E-state index contributed by atoms with van der Waals surface area (Å²) in [6.07, 6.45) is 0.754. The highest BCUT2D eigenvalue weighted by Gasteiger charge is 2.30. The zero-order valence-electron chi connectivity index (χ0n) is 17.0. The molecule has 0 saturated carbocycles. The van der Waals surface area contributed by atoms with Gasteiger partial charge < -0.3 is 15.5 Å². The summed E-state index contributed by atoms with van der Waals surface area (Å²) in [5.41, 5.74) is 3.97. The van der Waals surface area contributed by atoms with Crippen molar-refractivity contribution in [1.29, 1.82) is 0 Å². The summed E-state index contributed by atoms with van der Waals surface area (Å²) < 4.78 is 0. The minimum absolute atomic E-state index is 0.239. The highest BCUT2D eigenvalue weighted by Crippen LogP contribution is 2.29. The number of hydrogen-bond acceptors (Lipinski definition) is 4. The largest absolute Gasteiger partial charge is 0.333 e. The number of hydrogen-bond donors (Lipinski definition) is 2. The number of carbonyl (C=O) groups excluding carboxylic acids is 1. The van der Waals surface area contributed by atoms with Gasteiger partial charge in [0.2, 0.25) is 6.17 Å². The Hall–Kier alpha value is -3.29. The van der Waals surface area contributed by atoms with Gasteiger partial charge in [0.05, 0.1) is 11.4 Å². The van der Waals surface area contributed by atoms with Gasteiger partial charge in [-0.1, -0.05) is 48.0 Å². The quantitative estimate of drug-likeness (QED) is 0.587. The van der Waals surface area contributed by atoms with Crippen molar-refractivity contribution in [3.63, 3.8) is 0 Å². The van der Waals surface area contributed by atoms with Gasteiger partial charge in [-0.2, -0.15) is 0 Å². The fourth-order valence-corrected chi connectivity index (χ4v) is 3.73. The zero-order chi connectivity index (χ0) is 22.0. The van der Waals surface area contributed by atoms with E-state index in [9.17, 15) is 4.79 Å². The minimum atomic E-state index is -0.921. The van der Waals surface area contributed by atoms with Crippen molar-refractivity contribution in [3.8, 4) is 0 Å². The summed E-state index contributed by atoms with van der Waals surface area (Å²) in [5.74, 6) is 0.383. The number of benzene rings is 2. The van der Waals surface area contributed by atoms with Crippen LogP contribution in [0.2, 0.25) is 5.02 Å². The molecule has 2 heterocycles. The van der Waals surface area contributed by atoms with Crippen LogP contribution < -0.4 is 15.5 Å². The number of aromatic nitrogens is 1. The molecular formula is C23H20ClN5OS. The Balaban J connectivity index is 1.72. The SMILES string of the molecule is Cc1cccnc1NC(=S)NC1N=C(c2ccccc2)c2cc(Cl)ccc2N(C)C1=O. The Kier molecular flexibility index (Phi) is 5.97. The molecule has 8 heteroatoms. The van der Waals surface area contributed by atoms with E-state index in [1.54, 1.807) is 24.2 Å². The summed E-state index contributed by atoms with van der Waals surface area (Å²) in [6.45, 7) is 1.93. The van der Waals surface area contributed by atoms with Gasteiger partial charge in [0.1, 0.15) is 5.82 Å². The topological polar surface area (TPSA) is 69.6 Å². The number of amides is 1. The Morgan fingerprint density at radius 2 is 1.90 bits per heavy atom. The molecule has 0 bridgehead atoms. The van der Waals surface area contributed by atoms with E-state index in [-0.39, 0.29) is 11.0 Å². The Bertz CT molecular complexity index is 1180. The second-order valence-electron chi connectivity index (χ2n) is 7.07. The van der Waals surface area contributed by atoms with Crippen molar-refractivity contribution < 1.29 is 4.79 Å². The van der Waals surface area contributed by atoms with E-state index < -0.39 is 6.17 Å². The van der Waals surface area contributed by atoms with Crippen LogP contribution in [0.25, 0.3) is 0 Å². The second-order valence-corrected chi connectivity index (χ2v) is 7.92. The number of halogens is 1. The van der Waals surface area contributed by atoms with E-state index >= 15 is 0 Å². The number of nitrogens with one attached hydrogen (secondary N) is 2. The van der Waals surface area contributed by atoms with E-state index in [1.807, 2.05) is 61.5 Å². The van der Waals surface area contributed by atoms with Crippen LogP contribution in [0.5, 0.6) is 0 Å². The monoisotopic (exact) mass is 449 g/mol. The molecule has 2 aromatic carbocycles. The van der Waals surface area contributed by atoms with Crippen LogP contribution in [0.3, 0.4) is 0 Å². The van der Waals surface area contributed by atoms with Crippen molar-refractivity contribution in [2.75, 3.05) is 17.3 Å². The molecule has 1 aromatic heterocycles. The van der Waals surface area contributed by atoms with Crippen LogP contribution in [0, 0.1) is 6.92 Å². The number of carbonyl (C=O) groups is 1. The molecular weight excluding hydrogens is 430 g/mol. The van der Waals surface area contributed by atoms with Gasteiger partial charge in [0, 0.05) is 29.4 Å². The molecule has 0 saturated heterocycles. The fourth-order valence-electron chi connectivity index (χ4n) is 3.35. The first-order chi connectivity index (χ1) is 14.9. The van der Waals surface area contributed by atoms with Gasteiger partial charge in [-0.15, -0.1) is 0 Å². The average Bonchev–Trinajstić information content (AvgIpc) is 2.86. The van der Waals surface area contributed by atoms with E-state index in [1.165, 1.54) is 0 Å². The maximum Gasteiger partial charge on any atom is 0.272 e. The van der Waals surface area contributed by atoms with Gasteiger partial charge in [-0.25, -0.2) is 9.98 Å². The molecule has 1 unspecified atom stereocenters. The lowest BCUT2D eigenvalue weighted by molar-refractivity contribution is -0.119. The van der Waals surface area contributed by atoms with Crippen LogP contribution in [-0.4, -0.2) is 34.9 Å². The van der Waals surface area contributed by atoms with E-state index in [0.29, 0.717) is 16.6 Å². The molecule has 31 heavy (non-hydrogen) atoms. The molecule has 1 amide bonds. The molecule has 6 nitrogen and oxygen atoms in total. The number of pyridine rings is 1. The predicted octanol–water partition coefficient (Wildman–Crippen LogP) is 4.17. The number of thiocarbonyl (C=S) groups is 1. The van der Waals surface area contributed by atoms with Crippen LogP contribution in [0.15, 0.2) is 71.9 Å². The number of rotatable bonds is 3. The number of likely N-dealkylation sites (N-methyl/N-ethyl adjacent to an activating group) is 1. The van der Waals surface area contributed by atoms with Gasteiger partial charge in [-0.05, 0) is 49.0 Å². The highest BCUT2D eigenvalue weighted by molar-refractivity contribution is 7.80. The molecule has 0 radical (unpaired) electrons. The maximum atomic E-state index is 13.2. The molecule has 1 atom stereocenters. The predicted molar refractivity (Wildman–Crippen MR) is 129 cm³/mol. The first kappa shape index (κ1) is 21.0. The van der Waals surface area contributed by atoms with Crippen LogP contribution in [-0.2, 0) is 4.79 Å². The van der Waals surface area contributed by atoms with Gasteiger partial charge in [0.25, 0.3) is 5.91 Å². The minimum Gasteiger partial charge on any atom is -0.333 e. The van der Waals surface area contributed by atoms with Gasteiger partial charge in [0.15, 0.2) is 5.11 Å². The molecule has 0 aliphatic carbocycles. The van der Waals surface area contributed by atoms with Crippen molar-refractivity contribution in [2.45, 2.75) is 13.1 Å². The number of benzodiazepines with no additional fused rings is 1. The number of aryl methyl sites for hydroxylation is 1. The molecule has 1 aliphatic heterocycles. The van der Waals surface area contributed by atoms with Crippen molar-refractivity contribution in [1.82, 2.24) is 10.3 Å². The van der Waals surface area contributed by atoms with Crippen LogP contribution in [0.1, 0.15) is 16.7 Å². The summed E-state index contributed by atoms with van der Waals surface area (Å²) >= 11 is 11.7. The lowest BCUT2D eigenvalue weighted by Gasteiger charge is -2.22.